The van der Waals surface area contributed by atoms with Crippen molar-refractivity contribution in [3.05, 3.63) is 0 Å². The van der Waals surface area contributed by atoms with Crippen molar-refractivity contribution < 1.29 is 14.3 Å². The molecule has 0 amide bonds. The van der Waals surface area contributed by atoms with Crippen LogP contribution in [0.1, 0.15) is 26.7 Å². The summed E-state index contributed by atoms with van der Waals surface area (Å²) in [7, 11) is 1.46. The number of carbonyl (C=O) groups excluding carboxylic acids is 1. The summed E-state index contributed by atoms with van der Waals surface area (Å²) >= 11 is 0. The normalized spacial score (nSPS) is 24.3. The van der Waals surface area contributed by atoms with Crippen LogP contribution in [0, 0.1) is 11.8 Å². The van der Waals surface area contributed by atoms with E-state index in [9.17, 15) is 4.79 Å². The van der Waals surface area contributed by atoms with Gasteiger partial charge in [0.05, 0.1) is 26.2 Å². The number of esters is 1. The number of aliphatic imine (C=N–C) groups is 1. The zero-order valence-electron chi connectivity index (χ0n) is 16.4. The van der Waals surface area contributed by atoms with Gasteiger partial charge in [0.15, 0.2) is 5.96 Å². The standard InChI is InChI=1S/C18H34N4O3.HI/c1-4-19-18(22-13-15(2)16(14-22)17(23)24-3)20-7-5-6-8-21-9-11-25-12-10-21;/h15-16H,4-14H2,1-3H3,(H,19,20);1H. The molecule has 7 nitrogen and oxygen atoms in total. The second-order valence-electron chi connectivity index (χ2n) is 6.91. The number of ether oxygens (including phenoxy) is 2. The maximum Gasteiger partial charge on any atom is 0.310 e. The minimum atomic E-state index is -0.114. The van der Waals surface area contributed by atoms with Crippen molar-refractivity contribution in [1.29, 1.82) is 0 Å². The minimum Gasteiger partial charge on any atom is -0.469 e. The molecule has 0 aromatic carbocycles. The van der Waals surface area contributed by atoms with Crippen molar-refractivity contribution in [1.82, 2.24) is 15.1 Å². The van der Waals surface area contributed by atoms with Gasteiger partial charge in [-0.1, -0.05) is 6.92 Å². The topological polar surface area (TPSA) is 66.4 Å². The Labute approximate surface area is 174 Å². The summed E-state index contributed by atoms with van der Waals surface area (Å²) < 4.78 is 10.3. The van der Waals surface area contributed by atoms with Crippen molar-refractivity contribution in [3.8, 4) is 0 Å². The number of nitrogens with one attached hydrogen (secondary N) is 1. The smallest absolute Gasteiger partial charge is 0.310 e. The van der Waals surface area contributed by atoms with Crippen LogP contribution in [0.4, 0.5) is 0 Å². The van der Waals surface area contributed by atoms with Crippen LogP contribution in [0.3, 0.4) is 0 Å². The molecule has 152 valence electrons. The van der Waals surface area contributed by atoms with Gasteiger partial charge in [0, 0.05) is 39.3 Å². The lowest BCUT2D eigenvalue weighted by atomic mass is 9.99. The highest BCUT2D eigenvalue weighted by atomic mass is 127. The van der Waals surface area contributed by atoms with E-state index in [1.165, 1.54) is 7.11 Å². The molecule has 2 aliphatic rings. The Balaban J connectivity index is 0.00000338. The van der Waals surface area contributed by atoms with E-state index in [1.807, 2.05) is 0 Å². The molecule has 0 aliphatic carbocycles. The molecule has 0 radical (unpaired) electrons. The summed E-state index contributed by atoms with van der Waals surface area (Å²) in [6, 6.07) is 0. The Bertz CT molecular complexity index is 444. The first-order valence-corrected chi connectivity index (χ1v) is 9.56. The zero-order valence-corrected chi connectivity index (χ0v) is 18.7. The van der Waals surface area contributed by atoms with Crippen LogP contribution in [0.15, 0.2) is 4.99 Å². The van der Waals surface area contributed by atoms with Gasteiger partial charge in [-0.25, -0.2) is 0 Å². The second kappa shape index (κ2) is 12.7. The number of carbonyl (C=O) groups is 1. The lowest BCUT2D eigenvalue weighted by Gasteiger charge is -2.26. The molecule has 0 aromatic heterocycles. The van der Waals surface area contributed by atoms with Crippen molar-refractivity contribution in [2.24, 2.45) is 16.8 Å². The Morgan fingerprint density at radius 1 is 1.27 bits per heavy atom. The number of guanidine groups is 1. The molecule has 2 heterocycles. The van der Waals surface area contributed by atoms with Crippen molar-refractivity contribution in [3.63, 3.8) is 0 Å². The van der Waals surface area contributed by atoms with Crippen molar-refractivity contribution in [2.75, 3.05) is 66.1 Å². The second-order valence-corrected chi connectivity index (χ2v) is 6.91. The molecular weight excluding hydrogens is 447 g/mol. The highest BCUT2D eigenvalue weighted by molar-refractivity contribution is 14.0. The highest BCUT2D eigenvalue weighted by Crippen LogP contribution is 2.24. The maximum absolute atomic E-state index is 11.9. The molecule has 0 saturated carbocycles. The molecule has 2 atom stereocenters. The Morgan fingerprint density at radius 3 is 2.65 bits per heavy atom. The third-order valence-electron chi connectivity index (χ3n) is 5.00. The summed E-state index contributed by atoms with van der Waals surface area (Å²) in [6.45, 7) is 12.3. The molecule has 8 heteroatoms. The van der Waals surface area contributed by atoms with Gasteiger partial charge in [-0.15, -0.1) is 24.0 Å². The van der Waals surface area contributed by atoms with Gasteiger partial charge in [0.1, 0.15) is 0 Å². The van der Waals surface area contributed by atoms with Crippen LogP contribution < -0.4 is 5.32 Å². The predicted octanol–water partition coefficient (Wildman–Crippen LogP) is 1.42. The first kappa shape index (κ1) is 23.4. The minimum absolute atomic E-state index is 0. The summed E-state index contributed by atoms with van der Waals surface area (Å²) in [5, 5.41) is 3.36. The van der Waals surface area contributed by atoms with E-state index in [2.05, 4.69) is 29.0 Å². The summed E-state index contributed by atoms with van der Waals surface area (Å²) in [5.74, 6) is 1.04. The molecule has 26 heavy (non-hydrogen) atoms. The van der Waals surface area contributed by atoms with Gasteiger partial charge in [-0.05, 0) is 32.2 Å². The van der Waals surface area contributed by atoms with E-state index in [0.717, 1.165) is 71.3 Å². The van der Waals surface area contributed by atoms with Crippen molar-refractivity contribution in [2.45, 2.75) is 26.7 Å². The van der Waals surface area contributed by atoms with E-state index in [0.29, 0.717) is 6.54 Å². The first-order valence-electron chi connectivity index (χ1n) is 9.56. The lowest BCUT2D eigenvalue weighted by molar-refractivity contribution is -0.145. The SMILES string of the molecule is CCNC(=NCCCCN1CCOCC1)N1CC(C)C(C(=O)OC)C1.I. The van der Waals surface area contributed by atoms with Crippen molar-refractivity contribution >= 4 is 35.9 Å². The molecule has 0 spiro atoms. The fourth-order valence-electron chi connectivity index (χ4n) is 3.48. The van der Waals surface area contributed by atoms with Crippen LogP contribution in [-0.2, 0) is 14.3 Å². The molecule has 0 aromatic rings. The summed E-state index contributed by atoms with van der Waals surface area (Å²) in [5.41, 5.74) is 0. The largest absolute Gasteiger partial charge is 0.469 e. The number of likely N-dealkylation sites (tertiary alicyclic amines) is 1. The number of rotatable bonds is 7. The Kier molecular flexibility index (Phi) is 11.5. The van der Waals surface area contributed by atoms with Crippen LogP contribution in [0.5, 0.6) is 0 Å². The lowest BCUT2D eigenvalue weighted by Crippen LogP contribution is -2.40. The van der Waals surface area contributed by atoms with Gasteiger partial charge in [0.2, 0.25) is 0 Å². The average molecular weight is 482 g/mol. The van der Waals surface area contributed by atoms with Crippen LogP contribution in [0.2, 0.25) is 0 Å². The zero-order chi connectivity index (χ0) is 18.1. The Hall–Kier alpha value is -0.610. The quantitative estimate of drug-likeness (QED) is 0.195. The van der Waals surface area contributed by atoms with Gasteiger partial charge in [-0.3, -0.25) is 14.7 Å². The molecule has 0 bridgehead atoms. The monoisotopic (exact) mass is 482 g/mol. The Morgan fingerprint density at radius 2 is 2.00 bits per heavy atom. The third kappa shape index (κ3) is 7.19. The number of hydrogen-bond acceptors (Lipinski definition) is 5. The molecular formula is C18H35IN4O3. The predicted molar refractivity (Wildman–Crippen MR) is 114 cm³/mol. The number of halogens is 1. The highest BCUT2D eigenvalue weighted by Gasteiger charge is 2.36. The van der Waals surface area contributed by atoms with E-state index in [1.54, 1.807) is 0 Å². The first-order chi connectivity index (χ1) is 12.2. The van der Waals surface area contributed by atoms with E-state index in [4.69, 9.17) is 14.5 Å². The van der Waals surface area contributed by atoms with E-state index < -0.39 is 0 Å². The number of unbranched alkanes of at least 4 members (excludes halogenated alkanes) is 1. The molecule has 1 N–H and O–H groups in total. The number of hydrogen-bond donors (Lipinski definition) is 1. The van der Waals surface area contributed by atoms with Gasteiger partial charge in [-0.2, -0.15) is 0 Å². The van der Waals surface area contributed by atoms with Gasteiger partial charge in [0.25, 0.3) is 0 Å². The van der Waals surface area contributed by atoms with Gasteiger partial charge >= 0.3 is 5.97 Å². The average Bonchev–Trinajstić information content (AvgIpc) is 3.02. The number of methoxy groups -OCH3 is 1. The van der Waals surface area contributed by atoms with Crippen LogP contribution in [-0.4, -0.2) is 87.9 Å². The fraction of sp³-hybridized carbons (Fsp3) is 0.889. The van der Waals surface area contributed by atoms with Crippen LogP contribution >= 0.6 is 24.0 Å². The molecule has 2 unspecified atom stereocenters. The fourth-order valence-corrected chi connectivity index (χ4v) is 3.48. The third-order valence-corrected chi connectivity index (χ3v) is 5.00. The maximum atomic E-state index is 11.9. The van der Waals surface area contributed by atoms with E-state index >= 15 is 0 Å². The molecule has 2 aliphatic heterocycles. The van der Waals surface area contributed by atoms with E-state index in [-0.39, 0.29) is 41.8 Å². The molecule has 2 rings (SSSR count). The number of nitrogens with zero attached hydrogens (tertiary/aromatic N) is 3. The number of morpholine rings is 1. The van der Waals surface area contributed by atoms with Crippen LogP contribution in [0.25, 0.3) is 0 Å². The summed E-state index contributed by atoms with van der Waals surface area (Å²) in [4.78, 5) is 21.3. The van der Waals surface area contributed by atoms with Gasteiger partial charge < -0.3 is 19.7 Å². The molecule has 2 fully saturated rings. The summed E-state index contributed by atoms with van der Waals surface area (Å²) in [6.07, 6.45) is 2.24. The molecule has 2 saturated heterocycles.